The number of allylic oxidation sites excluding steroid dienone is 2. The molecule has 1 amide bonds. The molecule has 0 bridgehead atoms. The molecular formula is C30H33ClF2N8O2. The Balaban J connectivity index is 1.38. The number of benzene rings is 1. The summed E-state index contributed by atoms with van der Waals surface area (Å²) in [7, 11) is 3.95. The third-order valence-corrected chi connectivity index (χ3v) is 7.76. The Morgan fingerprint density at radius 2 is 2.14 bits per heavy atom. The zero-order valence-electron chi connectivity index (χ0n) is 24.0. The molecule has 1 aliphatic rings. The van der Waals surface area contributed by atoms with Gasteiger partial charge in [-0.25, -0.2) is 9.50 Å². The molecule has 0 atom stereocenters. The first-order valence-electron chi connectivity index (χ1n) is 14.0. The van der Waals surface area contributed by atoms with Crippen LogP contribution in [0.2, 0.25) is 5.02 Å². The molecule has 10 nitrogen and oxygen atoms in total. The Labute approximate surface area is 253 Å². The van der Waals surface area contributed by atoms with E-state index in [-0.39, 0.29) is 22.6 Å². The van der Waals surface area contributed by atoms with Crippen molar-refractivity contribution in [1.82, 2.24) is 29.3 Å². The lowest BCUT2D eigenvalue weighted by atomic mass is 9.89. The molecule has 1 fully saturated rings. The predicted molar refractivity (Wildman–Crippen MR) is 162 cm³/mol. The standard InChI is InChI=1S/C30H33ClF2N8O2/c1-34-12-3-14-39(2)22-8-5-20(6-9-22)11-16-40-19-25(37-29(42)24-18-36-41-15-4-13-35-28(24)41)27(38-40)23-17-21(31)7-10-26(23)43-30(32)33/h4,7,10-13,15,17-19,22,30H,3,5-6,8-9,14,16H2,1-2H3,(H,37,42). The van der Waals surface area contributed by atoms with Crippen molar-refractivity contribution < 1.29 is 18.3 Å². The number of hydrogen-bond donors (Lipinski definition) is 1. The number of nitrogens with zero attached hydrogens (tertiary/aromatic N) is 7. The number of hydrogen-bond acceptors (Lipinski definition) is 7. The van der Waals surface area contributed by atoms with E-state index in [4.69, 9.17) is 16.3 Å². The van der Waals surface area contributed by atoms with E-state index >= 15 is 0 Å². The summed E-state index contributed by atoms with van der Waals surface area (Å²) >= 11 is 6.24. The fourth-order valence-corrected chi connectivity index (χ4v) is 5.45. The van der Waals surface area contributed by atoms with Gasteiger partial charge in [0.1, 0.15) is 17.0 Å². The van der Waals surface area contributed by atoms with E-state index in [2.05, 4.69) is 43.5 Å². The van der Waals surface area contributed by atoms with Crippen LogP contribution in [0, 0.1) is 0 Å². The highest BCUT2D eigenvalue weighted by Crippen LogP contribution is 2.37. The van der Waals surface area contributed by atoms with Crippen LogP contribution in [0.1, 0.15) is 42.5 Å². The summed E-state index contributed by atoms with van der Waals surface area (Å²) < 4.78 is 34.5. The number of carbonyl (C=O) groups excluding carboxylic acids is 1. The largest absolute Gasteiger partial charge is 0.434 e. The second-order valence-corrected chi connectivity index (χ2v) is 10.8. The van der Waals surface area contributed by atoms with Crippen LogP contribution in [0.5, 0.6) is 5.75 Å². The first-order chi connectivity index (χ1) is 20.8. The summed E-state index contributed by atoms with van der Waals surface area (Å²) in [5, 5.41) is 12.0. The smallest absolute Gasteiger partial charge is 0.387 e. The number of amides is 1. The second-order valence-electron chi connectivity index (χ2n) is 10.3. The summed E-state index contributed by atoms with van der Waals surface area (Å²) in [5.41, 5.74) is 2.74. The number of ether oxygens (including phenoxy) is 1. The molecule has 1 aliphatic carbocycles. The third-order valence-electron chi connectivity index (χ3n) is 7.53. The molecular weight excluding hydrogens is 578 g/mol. The highest BCUT2D eigenvalue weighted by Gasteiger charge is 2.23. The zero-order chi connectivity index (χ0) is 30.3. The molecule has 0 radical (unpaired) electrons. The second kappa shape index (κ2) is 13.9. The number of alkyl halides is 2. The van der Waals surface area contributed by atoms with Crippen LogP contribution in [0.3, 0.4) is 0 Å². The average Bonchev–Trinajstić information content (AvgIpc) is 3.61. The number of nitrogens with one attached hydrogen (secondary N) is 1. The van der Waals surface area contributed by atoms with Crippen molar-refractivity contribution in [3.63, 3.8) is 0 Å². The van der Waals surface area contributed by atoms with E-state index in [0.717, 1.165) is 38.6 Å². The zero-order valence-corrected chi connectivity index (χ0v) is 24.7. The van der Waals surface area contributed by atoms with Gasteiger partial charge in [0.2, 0.25) is 0 Å². The fourth-order valence-electron chi connectivity index (χ4n) is 5.28. The van der Waals surface area contributed by atoms with Gasteiger partial charge in [0.15, 0.2) is 5.65 Å². The van der Waals surface area contributed by atoms with Gasteiger partial charge in [0, 0.05) is 48.8 Å². The number of aromatic nitrogens is 5. The Kier molecular flexibility index (Phi) is 9.78. The molecule has 226 valence electrons. The monoisotopic (exact) mass is 610 g/mol. The number of anilines is 1. The molecule has 0 aliphatic heterocycles. The van der Waals surface area contributed by atoms with Gasteiger partial charge in [-0.15, -0.1) is 0 Å². The summed E-state index contributed by atoms with van der Waals surface area (Å²) in [6.07, 6.45) is 15.5. The molecule has 0 spiro atoms. The quantitative estimate of drug-likeness (QED) is 0.165. The van der Waals surface area contributed by atoms with E-state index in [9.17, 15) is 13.6 Å². The molecule has 5 rings (SSSR count). The van der Waals surface area contributed by atoms with Crippen molar-refractivity contribution in [2.75, 3.05) is 26.0 Å². The van der Waals surface area contributed by atoms with Crippen LogP contribution in [-0.2, 0) is 6.54 Å². The van der Waals surface area contributed by atoms with Crippen molar-refractivity contribution in [3.05, 3.63) is 71.3 Å². The molecule has 3 heterocycles. The van der Waals surface area contributed by atoms with Crippen LogP contribution in [0.4, 0.5) is 14.5 Å². The van der Waals surface area contributed by atoms with Gasteiger partial charge in [0.25, 0.3) is 5.91 Å². The van der Waals surface area contributed by atoms with Crippen molar-refractivity contribution >= 4 is 35.1 Å². The van der Waals surface area contributed by atoms with E-state index in [1.54, 1.807) is 36.4 Å². The lowest BCUT2D eigenvalue weighted by Gasteiger charge is -2.32. The van der Waals surface area contributed by atoms with Gasteiger partial charge in [0.05, 0.1) is 18.4 Å². The molecule has 0 unspecified atom stereocenters. The molecule has 3 aromatic heterocycles. The fraction of sp³-hybridized carbons (Fsp3) is 0.367. The molecule has 43 heavy (non-hydrogen) atoms. The van der Waals surface area contributed by atoms with Crippen molar-refractivity contribution in [2.45, 2.75) is 51.3 Å². The topological polar surface area (TPSA) is 102 Å². The molecule has 1 aromatic carbocycles. The normalized spacial score (nSPS) is 15.6. The number of aliphatic imine (C=N–C) groups is 1. The Bertz CT molecular complexity index is 1620. The van der Waals surface area contributed by atoms with Crippen LogP contribution in [-0.4, -0.2) is 74.7 Å². The van der Waals surface area contributed by atoms with Gasteiger partial charge < -0.3 is 19.9 Å². The maximum Gasteiger partial charge on any atom is 0.387 e. The Morgan fingerprint density at radius 1 is 1.33 bits per heavy atom. The SMILES string of the molecule is CN=CCCN(C)C1CCC(=CCn2cc(NC(=O)c3cnn4cccnc34)c(-c3cc(Cl)ccc3OC(F)F)n2)CC1. The minimum atomic E-state index is -3.05. The highest BCUT2D eigenvalue weighted by molar-refractivity contribution is 6.31. The van der Waals surface area contributed by atoms with Crippen molar-refractivity contribution in [3.8, 4) is 17.0 Å². The summed E-state index contributed by atoms with van der Waals surface area (Å²) in [6.45, 7) is -1.63. The van der Waals surface area contributed by atoms with Gasteiger partial charge in [-0.1, -0.05) is 23.3 Å². The van der Waals surface area contributed by atoms with Crippen molar-refractivity contribution in [2.24, 2.45) is 4.99 Å². The Morgan fingerprint density at radius 3 is 2.91 bits per heavy atom. The highest BCUT2D eigenvalue weighted by atomic mass is 35.5. The summed E-state index contributed by atoms with van der Waals surface area (Å²) in [4.78, 5) is 24.1. The number of halogens is 3. The third kappa shape index (κ3) is 7.44. The minimum absolute atomic E-state index is 0.108. The average molecular weight is 611 g/mol. The molecule has 0 saturated heterocycles. The number of carbonyl (C=O) groups is 1. The van der Waals surface area contributed by atoms with E-state index < -0.39 is 12.5 Å². The van der Waals surface area contributed by atoms with Gasteiger partial charge in [-0.2, -0.15) is 19.0 Å². The van der Waals surface area contributed by atoms with Crippen molar-refractivity contribution in [1.29, 1.82) is 0 Å². The first-order valence-corrected chi connectivity index (χ1v) is 14.4. The number of fused-ring (bicyclic) bond motifs is 1. The van der Waals surface area contributed by atoms with Crippen LogP contribution < -0.4 is 10.1 Å². The molecule has 1 saturated carbocycles. The van der Waals surface area contributed by atoms with Gasteiger partial charge >= 0.3 is 6.61 Å². The summed E-state index contributed by atoms with van der Waals surface area (Å²) in [6, 6.07) is 6.54. The van der Waals surface area contributed by atoms with E-state index in [1.807, 2.05) is 6.21 Å². The van der Waals surface area contributed by atoms with E-state index in [1.165, 1.54) is 34.5 Å². The summed E-state index contributed by atoms with van der Waals surface area (Å²) in [5.74, 6) is -0.581. The van der Waals surface area contributed by atoms with Crippen LogP contribution in [0.25, 0.3) is 16.9 Å². The lowest BCUT2D eigenvalue weighted by Crippen LogP contribution is -2.34. The van der Waals surface area contributed by atoms with E-state index in [0.29, 0.717) is 28.9 Å². The Hall–Kier alpha value is -4.16. The molecule has 13 heteroatoms. The maximum atomic E-state index is 13.3. The minimum Gasteiger partial charge on any atom is -0.434 e. The van der Waals surface area contributed by atoms with Crippen LogP contribution >= 0.6 is 11.6 Å². The van der Waals surface area contributed by atoms with Crippen LogP contribution in [0.15, 0.2) is 65.7 Å². The van der Waals surface area contributed by atoms with Gasteiger partial charge in [-0.3, -0.25) is 9.48 Å². The van der Waals surface area contributed by atoms with Gasteiger partial charge in [-0.05, 0) is 69.6 Å². The first kappa shape index (κ1) is 30.3. The maximum absolute atomic E-state index is 13.3. The molecule has 1 N–H and O–H groups in total. The lowest BCUT2D eigenvalue weighted by molar-refractivity contribution is -0.0494. The number of rotatable bonds is 11. The molecule has 4 aromatic rings. The predicted octanol–water partition coefficient (Wildman–Crippen LogP) is 5.99.